The molecular formula is C17H28N2O3S. The molecule has 1 aromatic rings. The van der Waals surface area contributed by atoms with Gasteiger partial charge in [0.15, 0.2) is 15.6 Å². The van der Waals surface area contributed by atoms with E-state index in [4.69, 9.17) is 0 Å². The van der Waals surface area contributed by atoms with E-state index in [0.29, 0.717) is 5.56 Å². The fourth-order valence-corrected chi connectivity index (χ4v) is 3.21. The Labute approximate surface area is 140 Å². The van der Waals surface area contributed by atoms with Gasteiger partial charge in [-0.3, -0.25) is 4.79 Å². The number of anilines is 2. The van der Waals surface area contributed by atoms with Crippen molar-refractivity contribution in [1.82, 2.24) is 0 Å². The molecule has 5 nitrogen and oxygen atoms in total. The van der Waals surface area contributed by atoms with Crippen LogP contribution in [0.3, 0.4) is 0 Å². The van der Waals surface area contributed by atoms with Crippen LogP contribution in [0.5, 0.6) is 0 Å². The van der Waals surface area contributed by atoms with E-state index < -0.39 is 15.6 Å². The monoisotopic (exact) mass is 340 g/mol. The predicted molar refractivity (Wildman–Crippen MR) is 97.8 cm³/mol. The maximum Gasteiger partial charge on any atom is 0.178 e. The quantitative estimate of drug-likeness (QED) is 0.770. The van der Waals surface area contributed by atoms with Crippen LogP contribution in [0.4, 0.5) is 11.4 Å². The van der Waals surface area contributed by atoms with Crippen molar-refractivity contribution in [3.8, 4) is 0 Å². The average Bonchev–Trinajstić information content (AvgIpc) is 2.33. The van der Waals surface area contributed by atoms with E-state index in [1.807, 2.05) is 38.0 Å². The van der Waals surface area contributed by atoms with E-state index in [2.05, 4.69) is 20.8 Å². The summed E-state index contributed by atoms with van der Waals surface area (Å²) in [6, 6.07) is 3.59. The molecule has 0 fully saturated rings. The summed E-state index contributed by atoms with van der Waals surface area (Å²) < 4.78 is 22.9. The second-order valence-electron chi connectivity index (χ2n) is 7.42. The number of rotatable bonds is 5. The summed E-state index contributed by atoms with van der Waals surface area (Å²) >= 11 is 0. The minimum absolute atomic E-state index is 0.113. The molecule has 0 aliphatic heterocycles. The zero-order chi connectivity index (χ0) is 18.2. The van der Waals surface area contributed by atoms with Crippen molar-refractivity contribution in [1.29, 1.82) is 0 Å². The molecule has 0 amide bonds. The van der Waals surface area contributed by atoms with E-state index in [9.17, 15) is 13.2 Å². The molecule has 0 atom stereocenters. The SMILES string of the molecule is CN(C)c1cc(C(=O)CS(C)(=O)=O)cc(N(C)C)c1C(C)(C)C. The second kappa shape index (κ2) is 6.51. The minimum Gasteiger partial charge on any atom is -0.377 e. The summed E-state index contributed by atoms with van der Waals surface area (Å²) in [6.45, 7) is 6.38. The molecule has 0 aromatic heterocycles. The summed E-state index contributed by atoms with van der Waals surface area (Å²) in [5.74, 6) is -0.846. The molecule has 0 N–H and O–H groups in total. The van der Waals surface area contributed by atoms with Gasteiger partial charge in [0.25, 0.3) is 0 Å². The number of hydrogen-bond donors (Lipinski definition) is 0. The Bertz CT molecular complexity index is 670. The number of carbonyl (C=O) groups is 1. The molecule has 23 heavy (non-hydrogen) atoms. The van der Waals surface area contributed by atoms with Gasteiger partial charge in [-0.15, -0.1) is 0 Å². The highest BCUT2D eigenvalue weighted by molar-refractivity contribution is 7.91. The molecule has 1 aromatic carbocycles. The first-order valence-electron chi connectivity index (χ1n) is 7.48. The molecule has 130 valence electrons. The van der Waals surface area contributed by atoms with Crippen molar-refractivity contribution >= 4 is 27.0 Å². The van der Waals surface area contributed by atoms with Gasteiger partial charge in [-0.1, -0.05) is 20.8 Å². The molecule has 0 bridgehead atoms. The van der Waals surface area contributed by atoms with Crippen LogP contribution in [0.2, 0.25) is 0 Å². The molecule has 6 heteroatoms. The Kier molecular flexibility index (Phi) is 5.52. The van der Waals surface area contributed by atoms with Crippen LogP contribution in [0.1, 0.15) is 36.7 Å². The lowest BCUT2D eigenvalue weighted by Gasteiger charge is -2.32. The van der Waals surface area contributed by atoms with Crippen LogP contribution in [0, 0.1) is 0 Å². The predicted octanol–water partition coefficient (Wildman–Crippen LogP) is 2.34. The number of carbonyl (C=O) groups excluding carboxylic acids is 1. The van der Waals surface area contributed by atoms with Gasteiger partial charge in [0.2, 0.25) is 0 Å². The highest BCUT2D eigenvalue weighted by Crippen LogP contribution is 2.39. The normalized spacial score (nSPS) is 12.2. The van der Waals surface area contributed by atoms with Crippen molar-refractivity contribution < 1.29 is 13.2 Å². The second-order valence-corrected chi connectivity index (χ2v) is 9.56. The Morgan fingerprint density at radius 1 is 1.00 bits per heavy atom. The van der Waals surface area contributed by atoms with Crippen LogP contribution in [-0.4, -0.2) is 54.4 Å². The van der Waals surface area contributed by atoms with Crippen molar-refractivity contribution in [2.24, 2.45) is 0 Å². The van der Waals surface area contributed by atoms with Gasteiger partial charge >= 0.3 is 0 Å². The minimum atomic E-state index is -3.35. The first-order valence-corrected chi connectivity index (χ1v) is 9.54. The fourth-order valence-electron chi connectivity index (χ4n) is 2.57. The van der Waals surface area contributed by atoms with Crippen molar-refractivity contribution in [3.63, 3.8) is 0 Å². The first-order chi connectivity index (χ1) is 10.2. The number of sulfone groups is 1. The van der Waals surface area contributed by atoms with Crippen molar-refractivity contribution in [2.45, 2.75) is 26.2 Å². The van der Waals surface area contributed by atoms with Gasteiger partial charge in [-0.05, 0) is 17.5 Å². The van der Waals surface area contributed by atoms with Gasteiger partial charge in [0, 0.05) is 56.9 Å². The van der Waals surface area contributed by atoms with Gasteiger partial charge < -0.3 is 9.80 Å². The molecule has 0 aliphatic rings. The van der Waals surface area contributed by atoms with Crippen LogP contribution >= 0.6 is 0 Å². The third-order valence-electron chi connectivity index (χ3n) is 3.53. The van der Waals surface area contributed by atoms with Gasteiger partial charge in [-0.2, -0.15) is 0 Å². The number of benzene rings is 1. The summed E-state index contributed by atoms with van der Waals surface area (Å²) in [5.41, 5.74) is 3.30. The van der Waals surface area contributed by atoms with E-state index in [0.717, 1.165) is 23.2 Å². The van der Waals surface area contributed by atoms with Crippen LogP contribution in [0.25, 0.3) is 0 Å². The van der Waals surface area contributed by atoms with E-state index in [1.165, 1.54) is 0 Å². The van der Waals surface area contributed by atoms with Crippen molar-refractivity contribution in [2.75, 3.05) is 50.0 Å². The molecule has 0 saturated heterocycles. The Balaban J connectivity index is 3.64. The topological polar surface area (TPSA) is 57.7 Å². The van der Waals surface area contributed by atoms with Crippen LogP contribution < -0.4 is 9.80 Å². The standard InChI is InChI=1S/C17H28N2O3S/c1-17(2,3)16-13(18(4)5)9-12(10-14(16)19(6)7)15(20)11-23(8,21)22/h9-10H,11H2,1-8H3. The highest BCUT2D eigenvalue weighted by atomic mass is 32.2. The van der Waals surface area contributed by atoms with Gasteiger partial charge in [0.05, 0.1) is 0 Å². The summed E-state index contributed by atoms with van der Waals surface area (Å²) in [6.07, 6.45) is 1.08. The Morgan fingerprint density at radius 2 is 1.39 bits per heavy atom. The first kappa shape index (κ1) is 19.5. The smallest absolute Gasteiger partial charge is 0.178 e. The number of nitrogens with zero attached hydrogens (tertiary/aromatic N) is 2. The fraction of sp³-hybridized carbons (Fsp3) is 0.588. The van der Waals surface area contributed by atoms with E-state index >= 15 is 0 Å². The molecule has 0 saturated carbocycles. The van der Waals surface area contributed by atoms with Crippen LogP contribution in [-0.2, 0) is 15.3 Å². The van der Waals surface area contributed by atoms with E-state index in [1.54, 1.807) is 12.1 Å². The molecule has 0 heterocycles. The van der Waals surface area contributed by atoms with E-state index in [-0.39, 0.29) is 11.2 Å². The lowest BCUT2D eigenvalue weighted by atomic mass is 9.82. The number of Topliss-reactive ketones (excluding diaryl/α,β-unsaturated/α-hetero) is 1. The third kappa shape index (κ3) is 4.96. The molecule has 1 rings (SSSR count). The Morgan fingerprint density at radius 3 is 1.65 bits per heavy atom. The largest absolute Gasteiger partial charge is 0.377 e. The number of ketones is 1. The summed E-state index contributed by atoms with van der Waals surface area (Å²) in [4.78, 5) is 16.3. The molecule has 0 unspecified atom stereocenters. The zero-order valence-electron chi connectivity index (χ0n) is 15.4. The molecule has 0 spiro atoms. The third-order valence-corrected chi connectivity index (χ3v) is 4.31. The summed E-state index contributed by atoms with van der Waals surface area (Å²) in [7, 11) is 4.35. The molecular weight excluding hydrogens is 312 g/mol. The van der Waals surface area contributed by atoms with Gasteiger partial charge in [-0.25, -0.2) is 8.42 Å². The van der Waals surface area contributed by atoms with Gasteiger partial charge in [0.1, 0.15) is 5.75 Å². The lowest BCUT2D eigenvalue weighted by Crippen LogP contribution is -2.25. The maximum absolute atomic E-state index is 12.4. The highest BCUT2D eigenvalue weighted by Gasteiger charge is 2.26. The number of hydrogen-bond acceptors (Lipinski definition) is 5. The zero-order valence-corrected chi connectivity index (χ0v) is 16.2. The Hall–Kier alpha value is -1.56. The molecule has 0 aliphatic carbocycles. The van der Waals surface area contributed by atoms with Crippen LogP contribution in [0.15, 0.2) is 12.1 Å². The summed E-state index contributed by atoms with van der Waals surface area (Å²) in [5, 5.41) is 0. The average molecular weight is 340 g/mol. The molecule has 0 radical (unpaired) electrons. The lowest BCUT2D eigenvalue weighted by molar-refractivity contribution is 0.102. The van der Waals surface area contributed by atoms with Crippen molar-refractivity contribution in [3.05, 3.63) is 23.3 Å². The maximum atomic E-state index is 12.4.